The number of benzene rings is 1. The molecule has 0 atom stereocenters. The van der Waals surface area contributed by atoms with Crippen LogP contribution in [-0.2, 0) is 6.61 Å². The molecule has 1 aromatic carbocycles. The molecular formula is C15H22N2O. The monoisotopic (exact) mass is 246 g/mol. The highest BCUT2D eigenvalue weighted by atomic mass is 16.3. The van der Waals surface area contributed by atoms with Gasteiger partial charge in [0.25, 0.3) is 0 Å². The number of hydrogen-bond acceptors (Lipinski definition) is 3. The minimum atomic E-state index is 0.0729. The molecule has 0 fully saturated rings. The summed E-state index contributed by atoms with van der Waals surface area (Å²) >= 11 is 0. The SMILES string of the molecule is Cc1cc(CO)ccc1N(CCC#N)CC(C)C. The Hall–Kier alpha value is -1.53. The third-order valence-electron chi connectivity index (χ3n) is 2.86. The Morgan fingerprint density at radius 1 is 1.39 bits per heavy atom. The minimum absolute atomic E-state index is 0.0729. The average Bonchev–Trinajstić information content (AvgIpc) is 2.34. The lowest BCUT2D eigenvalue weighted by Gasteiger charge is -2.27. The fourth-order valence-corrected chi connectivity index (χ4v) is 2.11. The molecule has 0 heterocycles. The van der Waals surface area contributed by atoms with Gasteiger partial charge in [0.15, 0.2) is 0 Å². The van der Waals surface area contributed by atoms with E-state index in [1.807, 2.05) is 25.1 Å². The van der Waals surface area contributed by atoms with Crippen molar-refractivity contribution in [2.24, 2.45) is 5.92 Å². The molecule has 98 valence electrons. The zero-order valence-electron chi connectivity index (χ0n) is 11.5. The van der Waals surface area contributed by atoms with Gasteiger partial charge in [0, 0.05) is 18.8 Å². The first kappa shape index (κ1) is 14.5. The molecule has 1 rings (SSSR count). The smallest absolute Gasteiger partial charge is 0.0681 e. The minimum Gasteiger partial charge on any atom is -0.392 e. The Morgan fingerprint density at radius 3 is 2.61 bits per heavy atom. The summed E-state index contributed by atoms with van der Waals surface area (Å²) in [6, 6.07) is 8.20. The molecule has 0 aliphatic carbocycles. The van der Waals surface area contributed by atoms with Crippen molar-refractivity contribution >= 4 is 5.69 Å². The van der Waals surface area contributed by atoms with Gasteiger partial charge in [-0.1, -0.05) is 26.0 Å². The summed E-state index contributed by atoms with van der Waals surface area (Å²) in [5.41, 5.74) is 3.25. The summed E-state index contributed by atoms with van der Waals surface area (Å²) < 4.78 is 0. The summed E-state index contributed by atoms with van der Waals surface area (Å²) in [6.45, 7) is 8.18. The first-order valence-electron chi connectivity index (χ1n) is 6.40. The quantitative estimate of drug-likeness (QED) is 0.839. The molecule has 0 aromatic heterocycles. The molecule has 0 aliphatic heterocycles. The second-order valence-corrected chi connectivity index (χ2v) is 5.03. The van der Waals surface area contributed by atoms with E-state index < -0.39 is 0 Å². The van der Waals surface area contributed by atoms with Crippen molar-refractivity contribution < 1.29 is 5.11 Å². The van der Waals surface area contributed by atoms with Crippen LogP contribution in [0.2, 0.25) is 0 Å². The third kappa shape index (κ3) is 4.05. The number of hydrogen-bond donors (Lipinski definition) is 1. The number of rotatable bonds is 6. The lowest BCUT2D eigenvalue weighted by atomic mass is 10.1. The second-order valence-electron chi connectivity index (χ2n) is 5.03. The van der Waals surface area contributed by atoms with Gasteiger partial charge in [0.2, 0.25) is 0 Å². The molecule has 0 bridgehead atoms. The van der Waals surface area contributed by atoms with Crippen LogP contribution in [0.5, 0.6) is 0 Å². The van der Waals surface area contributed by atoms with Crippen LogP contribution in [0.25, 0.3) is 0 Å². The topological polar surface area (TPSA) is 47.3 Å². The molecule has 1 aromatic rings. The van der Waals surface area contributed by atoms with E-state index >= 15 is 0 Å². The summed E-state index contributed by atoms with van der Waals surface area (Å²) in [6.07, 6.45) is 0.536. The zero-order chi connectivity index (χ0) is 13.5. The summed E-state index contributed by atoms with van der Waals surface area (Å²) in [5.74, 6) is 0.556. The molecule has 3 heteroatoms. The summed E-state index contributed by atoms with van der Waals surface area (Å²) in [5, 5.41) is 17.9. The van der Waals surface area contributed by atoms with Crippen molar-refractivity contribution in [1.29, 1.82) is 5.26 Å². The van der Waals surface area contributed by atoms with Crippen LogP contribution < -0.4 is 4.90 Å². The van der Waals surface area contributed by atoms with E-state index in [2.05, 4.69) is 24.8 Å². The maximum atomic E-state index is 9.12. The predicted molar refractivity (Wildman–Crippen MR) is 74.4 cm³/mol. The highest BCUT2D eigenvalue weighted by Gasteiger charge is 2.11. The van der Waals surface area contributed by atoms with Crippen molar-refractivity contribution in [1.82, 2.24) is 0 Å². The molecular weight excluding hydrogens is 224 g/mol. The van der Waals surface area contributed by atoms with E-state index in [0.717, 1.165) is 29.9 Å². The molecule has 0 radical (unpaired) electrons. The Labute approximate surface area is 110 Å². The van der Waals surface area contributed by atoms with Crippen LogP contribution >= 0.6 is 0 Å². The van der Waals surface area contributed by atoms with Gasteiger partial charge in [-0.2, -0.15) is 5.26 Å². The zero-order valence-corrected chi connectivity index (χ0v) is 11.5. The third-order valence-corrected chi connectivity index (χ3v) is 2.86. The van der Waals surface area contributed by atoms with E-state index in [9.17, 15) is 0 Å². The van der Waals surface area contributed by atoms with Gasteiger partial charge in [-0.25, -0.2) is 0 Å². The first-order valence-corrected chi connectivity index (χ1v) is 6.40. The number of aryl methyl sites for hydroxylation is 1. The molecule has 0 saturated heterocycles. The van der Waals surface area contributed by atoms with E-state index in [1.54, 1.807) is 0 Å². The molecule has 1 N–H and O–H groups in total. The molecule has 0 unspecified atom stereocenters. The fraction of sp³-hybridized carbons (Fsp3) is 0.533. The maximum Gasteiger partial charge on any atom is 0.0681 e. The van der Waals surface area contributed by atoms with Crippen molar-refractivity contribution in [3.05, 3.63) is 29.3 Å². The molecule has 0 spiro atoms. The number of nitriles is 1. The number of anilines is 1. The average molecular weight is 246 g/mol. The van der Waals surface area contributed by atoms with Crippen molar-refractivity contribution in [2.45, 2.75) is 33.8 Å². The van der Waals surface area contributed by atoms with Gasteiger partial charge in [0.05, 0.1) is 19.1 Å². The summed E-state index contributed by atoms with van der Waals surface area (Å²) in [7, 11) is 0. The molecule has 3 nitrogen and oxygen atoms in total. The van der Waals surface area contributed by atoms with Gasteiger partial charge in [-0.15, -0.1) is 0 Å². The summed E-state index contributed by atoms with van der Waals surface area (Å²) in [4.78, 5) is 2.25. The highest BCUT2D eigenvalue weighted by molar-refractivity contribution is 5.54. The van der Waals surface area contributed by atoms with E-state index in [4.69, 9.17) is 10.4 Å². The Bertz CT molecular complexity index is 421. The van der Waals surface area contributed by atoms with Gasteiger partial charge in [-0.05, 0) is 30.0 Å². The molecule has 0 saturated carbocycles. The Balaban J connectivity index is 2.93. The van der Waals surface area contributed by atoms with Crippen LogP contribution in [0, 0.1) is 24.2 Å². The van der Waals surface area contributed by atoms with E-state index in [0.29, 0.717) is 12.3 Å². The van der Waals surface area contributed by atoms with Gasteiger partial charge in [-0.3, -0.25) is 0 Å². The van der Waals surface area contributed by atoms with Crippen LogP contribution in [0.1, 0.15) is 31.4 Å². The fourth-order valence-electron chi connectivity index (χ4n) is 2.11. The lowest BCUT2D eigenvalue weighted by molar-refractivity contribution is 0.282. The second kappa shape index (κ2) is 7.03. The highest BCUT2D eigenvalue weighted by Crippen LogP contribution is 2.22. The van der Waals surface area contributed by atoms with Crippen LogP contribution in [0.3, 0.4) is 0 Å². The van der Waals surface area contributed by atoms with Crippen molar-refractivity contribution in [3.8, 4) is 6.07 Å². The number of aliphatic hydroxyl groups is 1. The maximum absolute atomic E-state index is 9.12. The number of aliphatic hydroxyl groups excluding tert-OH is 1. The van der Waals surface area contributed by atoms with E-state index in [1.165, 1.54) is 0 Å². The van der Waals surface area contributed by atoms with E-state index in [-0.39, 0.29) is 6.61 Å². The van der Waals surface area contributed by atoms with Gasteiger partial charge >= 0.3 is 0 Å². The van der Waals surface area contributed by atoms with Gasteiger partial charge in [0.1, 0.15) is 0 Å². The largest absolute Gasteiger partial charge is 0.392 e. The van der Waals surface area contributed by atoms with Crippen LogP contribution in [0.4, 0.5) is 5.69 Å². The normalized spacial score (nSPS) is 10.4. The molecule has 18 heavy (non-hydrogen) atoms. The van der Waals surface area contributed by atoms with Crippen molar-refractivity contribution in [2.75, 3.05) is 18.0 Å². The molecule has 0 aliphatic rings. The Morgan fingerprint density at radius 2 is 2.11 bits per heavy atom. The van der Waals surface area contributed by atoms with Crippen LogP contribution in [-0.4, -0.2) is 18.2 Å². The van der Waals surface area contributed by atoms with Crippen molar-refractivity contribution in [3.63, 3.8) is 0 Å². The lowest BCUT2D eigenvalue weighted by Crippen LogP contribution is -2.29. The van der Waals surface area contributed by atoms with Crippen LogP contribution in [0.15, 0.2) is 18.2 Å². The first-order chi connectivity index (χ1) is 8.58. The Kier molecular flexibility index (Phi) is 5.67. The molecule has 0 amide bonds. The number of nitrogens with zero attached hydrogens (tertiary/aromatic N) is 2. The van der Waals surface area contributed by atoms with Gasteiger partial charge < -0.3 is 10.0 Å². The predicted octanol–water partition coefficient (Wildman–Crippen LogP) is 2.86. The standard InChI is InChI=1S/C15H22N2O/c1-12(2)10-17(8-4-7-16)15-6-5-14(11-18)9-13(15)3/h5-6,9,12,18H,4,8,10-11H2,1-3H3.